The van der Waals surface area contributed by atoms with Crippen molar-refractivity contribution in [2.45, 2.75) is 30.8 Å². The molecule has 1 atom stereocenters. The Labute approximate surface area is 206 Å². The number of para-hydroxylation sites is 2. The van der Waals surface area contributed by atoms with Gasteiger partial charge in [0.15, 0.2) is 11.5 Å². The van der Waals surface area contributed by atoms with Crippen molar-refractivity contribution in [1.29, 1.82) is 0 Å². The monoisotopic (exact) mass is 498 g/mol. The second kappa shape index (κ2) is 11.7. The first kappa shape index (κ1) is 26.1. The van der Waals surface area contributed by atoms with Gasteiger partial charge in [0, 0.05) is 24.1 Å². The molecule has 0 saturated heterocycles. The summed E-state index contributed by atoms with van der Waals surface area (Å²) in [5, 5.41) is 2.85. The van der Waals surface area contributed by atoms with E-state index in [9.17, 15) is 13.2 Å². The summed E-state index contributed by atoms with van der Waals surface area (Å²) in [6, 6.07) is 18.1. The summed E-state index contributed by atoms with van der Waals surface area (Å²) in [4.78, 5) is 13.1. The quantitative estimate of drug-likeness (QED) is 0.417. The van der Waals surface area contributed by atoms with Crippen LogP contribution in [0.2, 0.25) is 0 Å². The van der Waals surface area contributed by atoms with Crippen LogP contribution in [-0.2, 0) is 21.4 Å². The Morgan fingerprint density at radius 3 is 2.17 bits per heavy atom. The van der Waals surface area contributed by atoms with Crippen molar-refractivity contribution in [1.82, 2.24) is 10.0 Å². The zero-order valence-corrected chi connectivity index (χ0v) is 21.0. The molecule has 1 amide bonds. The first-order valence-corrected chi connectivity index (χ1v) is 12.5. The van der Waals surface area contributed by atoms with E-state index in [1.54, 1.807) is 43.5 Å². The molecule has 3 aromatic rings. The van der Waals surface area contributed by atoms with Crippen LogP contribution in [0.25, 0.3) is 0 Å². The zero-order valence-electron chi connectivity index (χ0n) is 20.2. The summed E-state index contributed by atoms with van der Waals surface area (Å²) >= 11 is 0. The van der Waals surface area contributed by atoms with Gasteiger partial charge < -0.3 is 19.5 Å². The van der Waals surface area contributed by atoms with Gasteiger partial charge in [-0.3, -0.25) is 4.79 Å². The van der Waals surface area contributed by atoms with E-state index in [0.29, 0.717) is 22.8 Å². The zero-order chi connectivity index (χ0) is 25.4. The molecule has 9 heteroatoms. The molecule has 186 valence electrons. The third kappa shape index (κ3) is 6.52. The van der Waals surface area contributed by atoms with Gasteiger partial charge >= 0.3 is 0 Å². The number of carbonyl (C=O) groups is 1. The highest BCUT2D eigenvalue weighted by atomic mass is 32.2. The number of sulfonamides is 1. The minimum absolute atomic E-state index is 0.101. The van der Waals surface area contributed by atoms with Crippen molar-refractivity contribution in [3.05, 3.63) is 83.4 Å². The lowest BCUT2D eigenvalue weighted by Crippen LogP contribution is -2.34. The minimum Gasteiger partial charge on any atom is -0.496 e. The van der Waals surface area contributed by atoms with Crippen molar-refractivity contribution < 1.29 is 27.4 Å². The molecule has 0 fully saturated rings. The number of methoxy groups -OCH3 is 3. The Balaban J connectivity index is 1.89. The molecule has 0 spiro atoms. The average Bonchev–Trinajstić information content (AvgIpc) is 2.86. The lowest BCUT2D eigenvalue weighted by atomic mass is 10.0. The summed E-state index contributed by atoms with van der Waals surface area (Å²) in [7, 11) is 0.582. The van der Waals surface area contributed by atoms with Gasteiger partial charge in [-0.05, 0) is 31.2 Å². The Bertz CT molecular complexity index is 1260. The van der Waals surface area contributed by atoms with Crippen LogP contribution in [0, 0.1) is 6.92 Å². The Morgan fingerprint density at radius 1 is 0.857 bits per heavy atom. The third-order valence-electron chi connectivity index (χ3n) is 5.50. The van der Waals surface area contributed by atoms with Crippen molar-refractivity contribution in [2.75, 3.05) is 21.3 Å². The van der Waals surface area contributed by atoms with Gasteiger partial charge in [0.2, 0.25) is 15.9 Å². The van der Waals surface area contributed by atoms with Crippen LogP contribution in [0.4, 0.5) is 0 Å². The molecule has 3 aromatic carbocycles. The molecule has 8 nitrogen and oxygen atoms in total. The van der Waals surface area contributed by atoms with E-state index in [4.69, 9.17) is 14.2 Å². The fourth-order valence-electron chi connectivity index (χ4n) is 3.67. The second-order valence-corrected chi connectivity index (χ2v) is 9.58. The van der Waals surface area contributed by atoms with Gasteiger partial charge in [-0.1, -0.05) is 48.0 Å². The average molecular weight is 499 g/mol. The Morgan fingerprint density at radius 2 is 1.51 bits per heavy atom. The van der Waals surface area contributed by atoms with Crippen LogP contribution >= 0.6 is 0 Å². The summed E-state index contributed by atoms with van der Waals surface area (Å²) in [6.07, 6.45) is -0.163. The standard InChI is InChI=1S/C26H30N2O6S/c1-18-12-14-20(15-13-18)35(30,31)28-22(21-9-7-11-24(33-3)26(21)34-4)16-25(29)27-17-19-8-5-6-10-23(19)32-2/h5-15,22,28H,16-17H2,1-4H3,(H,27,29). The molecule has 2 N–H and O–H groups in total. The maximum atomic E-state index is 13.2. The minimum atomic E-state index is -3.94. The predicted molar refractivity (Wildman–Crippen MR) is 133 cm³/mol. The van der Waals surface area contributed by atoms with Crippen molar-refractivity contribution in [2.24, 2.45) is 0 Å². The Kier molecular flexibility index (Phi) is 8.73. The molecule has 0 bridgehead atoms. The van der Waals surface area contributed by atoms with E-state index >= 15 is 0 Å². The topological polar surface area (TPSA) is 103 Å². The number of carbonyl (C=O) groups excluding carboxylic acids is 1. The second-order valence-electron chi connectivity index (χ2n) is 7.86. The summed E-state index contributed by atoms with van der Waals surface area (Å²) in [5.41, 5.74) is 2.22. The number of hydrogen-bond acceptors (Lipinski definition) is 6. The molecule has 0 aliphatic carbocycles. The van der Waals surface area contributed by atoms with E-state index < -0.39 is 16.1 Å². The Hall–Kier alpha value is -3.56. The molecule has 0 saturated carbocycles. The van der Waals surface area contributed by atoms with Crippen LogP contribution in [0.15, 0.2) is 71.6 Å². The fourth-order valence-corrected chi connectivity index (χ4v) is 4.89. The molecule has 0 heterocycles. The lowest BCUT2D eigenvalue weighted by Gasteiger charge is -2.22. The van der Waals surface area contributed by atoms with Gasteiger partial charge in [0.1, 0.15) is 5.75 Å². The highest BCUT2D eigenvalue weighted by Gasteiger charge is 2.27. The highest BCUT2D eigenvalue weighted by Crippen LogP contribution is 2.36. The van der Waals surface area contributed by atoms with Crippen molar-refractivity contribution >= 4 is 15.9 Å². The first-order chi connectivity index (χ1) is 16.8. The summed E-state index contributed by atoms with van der Waals surface area (Å²) in [5.74, 6) is 1.08. The third-order valence-corrected chi connectivity index (χ3v) is 6.98. The van der Waals surface area contributed by atoms with E-state index in [1.165, 1.54) is 26.4 Å². The number of aryl methyl sites for hydroxylation is 1. The largest absolute Gasteiger partial charge is 0.496 e. The first-order valence-electron chi connectivity index (χ1n) is 11.0. The summed E-state index contributed by atoms with van der Waals surface area (Å²) in [6.45, 7) is 2.11. The van der Waals surface area contributed by atoms with Crippen LogP contribution in [0.5, 0.6) is 17.2 Å². The van der Waals surface area contributed by atoms with E-state index in [2.05, 4.69) is 10.0 Å². The van der Waals surface area contributed by atoms with Gasteiger partial charge in [0.25, 0.3) is 0 Å². The van der Waals surface area contributed by atoms with Crippen LogP contribution in [0.3, 0.4) is 0 Å². The van der Waals surface area contributed by atoms with Crippen LogP contribution in [-0.4, -0.2) is 35.7 Å². The maximum absolute atomic E-state index is 13.2. The maximum Gasteiger partial charge on any atom is 0.241 e. The van der Waals surface area contributed by atoms with Gasteiger partial charge in [0.05, 0.1) is 32.3 Å². The number of ether oxygens (including phenoxy) is 3. The molecule has 1 unspecified atom stereocenters. The summed E-state index contributed by atoms with van der Waals surface area (Å²) < 4.78 is 45.3. The molecule has 3 rings (SSSR count). The van der Waals surface area contributed by atoms with E-state index in [1.807, 2.05) is 25.1 Å². The van der Waals surface area contributed by atoms with Crippen molar-refractivity contribution in [3.63, 3.8) is 0 Å². The number of nitrogens with one attached hydrogen (secondary N) is 2. The molecule has 0 aliphatic heterocycles. The van der Waals surface area contributed by atoms with Gasteiger partial charge in [-0.15, -0.1) is 0 Å². The molecule has 35 heavy (non-hydrogen) atoms. The van der Waals surface area contributed by atoms with Crippen molar-refractivity contribution in [3.8, 4) is 17.2 Å². The fraction of sp³-hybridized carbons (Fsp3) is 0.269. The SMILES string of the molecule is COc1ccccc1CNC(=O)CC(NS(=O)(=O)c1ccc(C)cc1)c1cccc(OC)c1OC. The van der Waals surface area contributed by atoms with Crippen LogP contribution < -0.4 is 24.2 Å². The molecule has 0 aliphatic rings. The van der Waals surface area contributed by atoms with Gasteiger partial charge in [-0.25, -0.2) is 13.1 Å². The normalized spacial score (nSPS) is 12.0. The lowest BCUT2D eigenvalue weighted by molar-refractivity contribution is -0.121. The smallest absolute Gasteiger partial charge is 0.241 e. The number of hydrogen-bond donors (Lipinski definition) is 2. The number of benzene rings is 3. The van der Waals surface area contributed by atoms with Crippen LogP contribution in [0.1, 0.15) is 29.2 Å². The highest BCUT2D eigenvalue weighted by molar-refractivity contribution is 7.89. The molecule has 0 radical (unpaired) electrons. The molecule has 0 aromatic heterocycles. The molecular formula is C26H30N2O6S. The predicted octanol–water partition coefficient (Wildman–Crippen LogP) is 3.75. The number of rotatable bonds is 11. The van der Waals surface area contributed by atoms with Gasteiger partial charge in [-0.2, -0.15) is 0 Å². The van der Waals surface area contributed by atoms with E-state index in [-0.39, 0.29) is 23.8 Å². The molecular weight excluding hydrogens is 468 g/mol. The van der Waals surface area contributed by atoms with E-state index in [0.717, 1.165) is 11.1 Å². The number of amides is 1.